The van der Waals surface area contributed by atoms with Crippen LogP contribution >= 0.6 is 0 Å². The first-order valence-electron chi connectivity index (χ1n) is 5.50. The Labute approximate surface area is 101 Å². The summed E-state index contributed by atoms with van der Waals surface area (Å²) in [5.74, 6) is 0.404. The van der Waals surface area contributed by atoms with Crippen LogP contribution in [0.15, 0.2) is 24.3 Å². The minimum absolute atomic E-state index is 0.0345. The van der Waals surface area contributed by atoms with Crippen LogP contribution in [0.3, 0.4) is 0 Å². The van der Waals surface area contributed by atoms with Crippen LogP contribution in [0.5, 0.6) is 0 Å². The number of rotatable bonds is 4. The highest BCUT2D eigenvalue weighted by Crippen LogP contribution is 2.15. The first-order chi connectivity index (χ1) is 8.11. The topological polar surface area (TPSA) is 70.0 Å². The maximum atomic E-state index is 11.9. The molecular weight excluding hydrogens is 236 g/mol. The standard InChI is InChI=1S/C12H14N2O2S/c13-5-11-3-1-2-4-12(11)9-17(15,16)8-10-6-14-7-10/h1-4,10,14H,6-9H2. The second-order valence-electron chi connectivity index (χ2n) is 4.35. The molecule has 1 aromatic carbocycles. The van der Waals surface area contributed by atoms with Crippen molar-refractivity contribution < 1.29 is 8.42 Å². The molecule has 2 rings (SSSR count). The maximum absolute atomic E-state index is 11.9. The molecule has 1 aliphatic rings. The fourth-order valence-electron chi connectivity index (χ4n) is 1.88. The number of nitrogens with zero attached hydrogens (tertiary/aromatic N) is 1. The van der Waals surface area contributed by atoms with Crippen LogP contribution in [-0.4, -0.2) is 27.3 Å². The van der Waals surface area contributed by atoms with Crippen molar-refractivity contribution in [2.75, 3.05) is 18.8 Å². The number of hydrogen-bond acceptors (Lipinski definition) is 4. The molecule has 1 aromatic rings. The highest BCUT2D eigenvalue weighted by Gasteiger charge is 2.24. The highest BCUT2D eigenvalue weighted by molar-refractivity contribution is 7.90. The van der Waals surface area contributed by atoms with E-state index in [-0.39, 0.29) is 17.4 Å². The maximum Gasteiger partial charge on any atom is 0.154 e. The number of nitrogens with one attached hydrogen (secondary N) is 1. The predicted octanol–water partition coefficient (Wildman–Crippen LogP) is 0.692. The average molecular weight is 250 g/mol. The largest absolute Gasteiger partial charge is 0.316 e. The summed E-state index contributed by atoms with van der Waals surface area (Å²) in [4.78, 5) is 0. The lowest BCUT2D eigenvalue weighted by atomic mass is 10.1. The zero-order valence-electron chi connectivity index (χ0n) is 9.39. The van der Waals surface area contributed by atoms with Crippen molar-refractivity contribution in [2.24, 2.45) is 5.92 Å². The van der Waals surface area contributed by atoms with E-state index in [4.69, 9.17) is 5.26 Å². The van der Waals surface area contributed by atoms with Gasteiger partial charge in [-0.3, -0.25) is 0 Å². The van der Waals surface area contributed by atoms with E-state index in [1.54, 1.807) is 24.3 Å². The Hall–Kier alpha value is -1.38. The summed E-state index contributed by atoms with van der Waals surface area (Å²) < 4.78 is 23.9. The second kappa shape index (κ2) is 4.86. The molecule has 0 aliphatic carbocycles. The fraction of sp³-hybridized carbons (Fsp3) is 0.417. The van der Waals surface area contributed by atoms with Gasteiger partial charge in [0.2, 0.25) is 0 Å². The Morgan fingerprint density at radius 1 is 1.35 bits per heavy atom. The van der Waals surface area contributed by atoms with Crippen molar-refractivity contribution in [3.8, 4) is 6.07 Å². The molecule has 1 N–H and O–H groups in total. The molecule has 17 heavy (non-hydrogen) atoms. The Morgan fingerprint density at radius 3 is 2.65 bits per heavy atom. The third kappa shape index (κ3) is 3.05. The quantitative estimate of drug-likeness (QED) is 0.853. The normalized spacial score (nSPS) is 16.2. The van der Waals surface area contributed by atoms with E-state index >= 15 is 0 Å². The average Bonchev–Trinajstić information content (AvgIpc) is 2.24. The van der Waals surface area contributed by atoms with Gasteiger partial charge < -0.3 is 5.32 Å². The third-order valence-electron chi connectivity index (χ3n) is 2.87. The van der Waals surface area contributed by atoms with Gasteiger partial charge in [0.25, 0.3) is 0 Å². The lowest BCUT2D eigenvalue weighted by molar-refractivity contribution is 0.378. The van der Waals surface area contributed by atoms with E-state index in [9.17, 15) is 8.42 Å². The summed E-state index contributed by atoms with van der Waals surface area (Å²) in [6.07, 6.45) is 0. The summed E-state index contributed by atoms with van der Waals surface area (Å²) >= 11 is 0. The van der Waals surface area contributed by atoms with E-state index in [1.165, 1.54) is 0 Å². The van der Waals surface area contributed by atoms with Crippen LogP contribution in [0, 0.1) is 17.2 Å². The summed E-state index contributed by atoms with van der Waals surface area (Å²) in [5.41, 5.74) is 1.05. The van der Waals surface area contributed by atoms with Gasteiger partial charge in [0.05, 0.1) is 23.1 Å². The molecule has 1 fully saturated rings. The van der Waals surface area contributed by atoms with E-state index < -0.39 is 9.84 Å². The molecule has 0 unspecified atom stereocenters. The van der Waals surface area contributed by atoms with Gasteiger partial charge in [-0.2, -0.15) is 5.26 Å². The summed E-state index contributed by atoms with van der Waals surface area (Å²) in [6, 6.07) is 8.88. The smallest absolute Gasteiger partial charge is 0.154 e. The lowest BCUT2D eigenvalue weighted by Crippen LogP contribution is -2.45. The molecular formula is C12H14N2O2S. The van der Waals surface area contributed by atoms with Crippen LogP contribution < -0.4 is 5.32 Å². The lowest BCUT2D eigenvalue weighted by Gasteiger charge is -2.26. The van der Waals surface area contributed by atoms with Gasteiger partial charge >= 0.3 is 0 Å². The Balaban J connectivity index is 2.11. The van der Waals surface area contributed by atoms with Crippen molar-refractivity contribution in [1.29, 1.82) is 5.26 Å². The zero-order chi connectivity index (χ0) is 12.3. The van der Waals surface area contributed by atoms with Crippen molar-refractivity contribution in [1.82, 2.24) is 5.32 Å². The van der Waals surface area contributed by atoms with Crippen LogP contribution in [0.2, 0.25) is 0 Å². The number of sulfone groups is 1. The molecule has 5 heteroatoms. The zero-order valence-corrected chi connectivity index (χ0v) is 10.2. The van der Waals surface area contributed by atoms with Crippen molar-refractivity contribution in [3.05, 3.63) is 35.4 Å². The molecule has 0 amide bonds. The molecule has 0 atom stereocenters. The van der Waals surface area contributed by atoms with Gasteiger partial charge in [0.15, 0.2) is 9.84 Å². The molecule has 90 valence electrons. The molecule has 0 radical (unpaired) electrons. The van der Waals surface area contributed by atoms with Crippen molar-refractivity contribution >= 4 is 9.84 Å². The van der Waals surface area contributed by atoms with E-state index in [1.807, 2.05) is 6.07 Å². The Morgan fingerprint density at radius 2 is 2.06 bits per heavy atom. The van der Waals surface area contributed by atoms with Gasteiger partial charge in [0.1, 0.15) is 0 Å². The first-order valence-corrected chi connectivity index (χ1v) is 7.32. The molecule has 4 nitrogen and oxygen atoms in total. The molecule has 0 saturated carbocycles. The van der Waals surface area contributed by atoms with Crippen LogP contribution in [0.25, 0.3) is 0 Å². The predicted molar refractivity (Wildman–Crippen MR) is 65.0 cm³/mol. The van der Waals surface area contributed by atoms with Gasteiger partial charge in [-0.25, -0.2) is 8.42 Å². The minimum atomic E-state index is -3.12. The van der Waals surface area contributed by atoms with Crippen LogP contribution in [0.4, 0.5) is 0 Å². The number of benzene rings is 1. The van der Waals surface area contributed by atoms with Crippen LogP contribution in [0.1, 0.15) is 11.1 Å². The van der Waals surface area contributed by atoms with Crippen LogP contribution in [-0.2, 0) is 15.6 Å². The highest BCUT2D eigenvalue weighted by atomic mass is 32.2. The molecule has 1 heterocycles. The molecule has 1 aliphatic heterocycles. The number of hydrogen-bond donors (Lipinski definition) is 1. The minimum Gasteiger partial charge on any atom is -0.316 e. The Kier molecular flexibility index (Phi) is 3.46. The van der Waals surface area contributed by atoms with E-state index in [0.717, 1.165) is 13.1 Å². The molecule has 0 aromatic heterocycles. The van der Waals surface area contributed by atoms with Crippen molar-refractivity contribution in [2.45, 2.75) is 5.75 Å². The molecule has 1 saturated heterocycles. The summed E-state index contributed by atoms with van der Waals surface area (Å²) in [6.45, 7) is 1.55. The SMILES string of the molecule is N#Cc1ccccc1CS(=O)(=O)CC1CNC1. The Bertz CT molecular complexity index is 542. The van der Waals surface area contributed by atoms with Gasteiger partial charge in [-0.1, -0.05) is 18.2 Å². The van der Waals surface area contributed by atoms with Gasteiger partial charge in [-0.05, 0) is 17.5 Å². The summed E-state index contributed by atoms with van der Waals surface area (Å²) in [5, 5.41) is 12.0. The monoisotopic (exact) mass is 250 g/mol. The number of nitriles is 1. The molecule has 0 spiro atoms. The van der Waals surface area contributed by atoms with E-state index in [2.05, 4.69) is 5.32 Å². The third-order valence-corrected chi connectivity index (χ3v) is 4.60. The summed E-state index contributed by atoms with van der Waals surface area (Å²) in [7, 11) is -3.12. The molecule has 0 bridgehead atoms. The second-order valence-corrected chi connectivity index (χ2v) is 6.46. The van der Waals surface area contributed by atoms with Gasteiger partial charge in [0, 0.05) is 13.1 Å². The van der Waals surface area contributed by atoms with Crippen molar-refractivity contribution in [3.63, 3.8) is 0 Å². The van der Waals surface area contributed by atoms with Gasteiger partial charge in [-0.15, -0.1) is 0 Å². The first kappa shape index (κ1) is 12.1. The fourth-order valence-corrected chi connectivity index (χ4v) is 3.67. The van der Waals surface area contributed by atoms with E-state index in [0.29, 0.717) is 11.1 Å².